The summed E-state index contributed by atoms with van der Waals surface area (Å²) >= 11 is 6.66. The number of anilines is 2. The lowest BCUT2D eigenvalue weighted by molar-refractivity contribution is 0.0523. The Kier molecular flexibility index (Phi) is 6.39. The molecule has 1 heterocycles. The van der Waals surface area contributed by atoms with Crippen LogP contribution in [0.2, 0.25) is 0 Å². The lowest BCUT2D eigenvalue weighted by Gasteiger charge is -2.10. The molecular formula is C20H16N4O3S2. The number of thiocarbonyl (C=S) groups is 1. The van der Waals surface area contributed by atoms with Crippen molar-refractivity contribution >= 4 is 45.5 Å². The molecule has 0 saturated heterocycles. The van der Waals surface area contributed by atoms with Crippen LogP contribution in [0.3, 0.4) is 0 Å². The van der Waals surface area contributed by atoms with Crippen molar-refractivity contribution in [1.82, 2.24) is 4.98 Å². The molecule has 0 aliphatic carbocycles. The third-order valence-corrected chi connectivity index (χ3v) is 4.75. The first kappa shape index (κ1) is 20.3. The second kappa shape index (κ2) is 9.14. The Bertz CT molecular complexity index is 1090. The van der Waals surface area contributed by atoms with Crippen LogP contribution in [0.5, 0.6) is 5.75 Å². The third kappa shape index (κ3) is 5.07. The summed E-state index contributed by atoms with van der Waals surface area (Å²) in [6.07, 6.45) is 0. The van der Waals surface area contributed by atoms with E-state index in [-0.39, 0.29) is 23.0 Å². The van der Waals surface area contributed by atoms with Crippen LogP contribution in [0.15, 0.2) is 47.8 Å². The fraction of sp³-hybridized carbons (Fsp3) is 0.100. The van der Waals surface area contributed by atoms with Crippen molar-refractivity contribution in [2.45, 2.75) is 6.92 Å². The number of carbonyl (C=O) groups excluding carboxylic acids is 1. The summed E-state index contributed by atoms with van der Waals surface area (Å²) in [5.41, 5.74) is 2.85. The number of rotatable bonds is 5. The molecule has 7 nitrogen and oxygen atoms in total. The standard InChI is InChI=1S/C20H16N4O3S2/c1-2-27-18(26)15-8-7-14(9-17(15)25)22-19(28)24-20-23-16(11-29-20)13-5-3-12(10-21)4-6-13/h3-9,11,25H,2H2,1H3,(H2,22,23,24,28). The van der Waals surface area contributed by atoms with E-state index >= 15 is 0 Å². The highest BCUT2D eigenvalue weighted by Crippen LogP contribution is 2.26. The van der Waals surface area contributed by atoms with Gasteiger partial charge in [0.1, 0.15) is 11.3 Å². The molecule has 0 saturated carbocycles. The molecule has 0 bridgehead atoms. The number of nitriles is 1. The molecule has 1 aromatic heterocycles. The molecule has 3 N–H and O–H groups in total. The second-order valence-corrected chi connectivity index (χ2v) is 7.02. The Labute approximate surface area is 176 Å². The van der Waals surface area contributed by atoms with Crippen molar-refractivity contribution in [3.05, 3.63) is 59.0 Å². The van der Waals surface area contributed by atoms with Crippen LogP contribution >= 0.6 is 23.6 Å². The van der Waals surface area contributed by atoms with Gasteiger partial charge in [-0.25, -0.2) is 9.78 Å². The van der Waals surface area contributed by atoms with Crippen molar-refractivity contribution in [3.8, 4) is 23.1 Å². The number of phenolic OH excluding ortho intramolecular Hbond substituents is 1. The summed E-state index contributed by atoms with van der Waals surface area (Å²) < 4.78 is 4.88. The summed E-state index contributed by atoms with van der Waals surface area (Å²) in [5, 5.41) is 27.6. The van der Waals surface area contributed by atoms with Crippen molar-refractivity contribution in [3.63, 3.8) is 0 Å². The number of phenols is 1. The lowest BCUT2D eigenvalue weighted by atomic mass is 10.1. The minimum absolute atomic E-state index is 0.0864. The van der Waals surface area contributed by atoms with Crippen LogP contribution < -0.4 is 10.6 Å². The van der Waals surface area contributed by atoms with Gasteiger partial charge in [0.05, 0.1) is 23.9 Å². The zero-order chi connectivity index (χ0) is 20.8. The van der Waals surface area contributed by atoms with Gasteiger partial charge in [-0.2, -0.15) is 5.26 Å². The molecule has 0 fully saturated rings. The van der Waals surface area contributed by atoms with Gasteiger partial charge in [0.2, 0.25) is 0 Å². The number of ether oxygens (including phenoxy) is 1. The molecule has 0 spiro atoms. The number of hydrogen-bond donors (Lipinski definition) is 3. The molecule has 3 rings (SSSR count). The van der Waals surface area contributed by atoms with E-state index in [9.17, 15) is 9.90 Å². The van der Waals surface area contributed by atoms with Gasteiger partial charge in [0, 0.05) is 22.7 Å². The average Bonchev–Trinajstić information content (AvgIpc) is 3.16. The SMILES string of the molecule is CCOC(=O)c1ccc(NC(=S)Nc2nc(-c3ccc(C#N)cc3)cs2)cc1O. The van der Waals surface area contributed by atoms with E-state index in [1.807, 2.05) is 17.5 Å². The van der Waals surface area contributed by atoms with E-state index in [0.717, 1.165) is 11.3 Å². The fourth-order valence-electron chi connectivity index (χ4n) is 2.43. The van der Waals surface area contributed by atoms with Gasteiger partial charge in [0.15, 0.2) is 10.2 Å². The molecule has 0 unspecified atom stereocenters. The lowest BCUT2D eigenvalue weighted by Crippen LogP contribution is -2.19. The van der Waals surface area contributed by atoms with Crippen molar-refractivity contribution in [1.29, 1.82) is 5.26 Å². The molecule has 0 aliphatic rings. The quantitative estimate of drug-likeness (QED) is 0.409. The molecule has 0 amide bonds. The third-order valence-electron chi connectivity index (χ3n) is 3.79. The van der Waals surface area contributed by atoms with Gasteiger partial charge in [-0.05, 0) is 43.4 Å². The summed E-state index contributed by atoms with van der Waals surface area (Å²) in [7, 11) is 0. The molecule has 3 aromatic rings. The van der Waals surface area contributed by atoms with Crippen molar-refractivity contribution < 1.29 is 14.6 Å². The molecule has 0 atom stereocenters. The smallest absolute Gasteiger partial charge is 0.341 e. The van der Waals surface area contributed by atoms with Gasteiger partial charge in [-0.1, -0.05) is 12.1 Å². The highest BCUT2D eigenvalue weighted by Gasteiger charge is 2.13. The minimum atomic E-state index is -0.588. The minimum Gasteiger partial charge on any atom is -0.507 e. The van der Waals surface area contributed by atoms with Crippen LogP contribution in [-0.2, 0) is 4.74 Å². The number of aromatic hydroxyl groups is 1. The van der Waals surface area contributed by atoms with Gasteiger partial charge in [-0.3, -0.25) is 0 Å². The Balaban J connectivity index is 1.64. The summed E-state index contributed by atoms with van der Waals surface area (Å²) in [6.45, 7) is 1.92. The number of nitrogens with zero attached hydrogens (tertiary/aromatic N) is 2. The Morgan fingerprint density at radius 3 is 2.69 bits per heavy atom. The second-order valence-electron chi connectivity index (χ2n) is 5.76. The van der Waals surface area contributed by atoms with E-state index in [1.165, 1.54) is 23.5 Å². The number of nitrogens with one attached hydrogen (secondary N) is 2. The van der Waals surface area contributed by atoms with Gasteiger partial charge in [-0.15, -0.1) is 11.3 Å². The summed E-state index contributed by atoms with van der Waals surface area (Å²) in [4.78, 5) is 16.2. The highest BCUT2D eigenvalue weighted by molar-refractivity contribution is 7.80. The first-order valence-electron chi connectivity index (χ1n) is 8.54. The number of thiazole rings is 1. The fourth-order valence-corrected chi connectivity index (χ4v) is 3.43. The van der Waals surface area contributed by atoms with Crippen LogP contribution in [-0.4, -0.2) is 27.8 Å². The van der Waals surface area contributed by atoms with E-state index in [2.05, 4.69) is 21.7 Å². The number of carbonyl (C=O) groups is 1. The topological polar surface area (TPSA) is 107 Å². The van der Waals surface area contributed by atoms with Crippen LogP contribution in [0.4, 0.5) is 10.8 Å². The Hall–Kier alpha value is -3.48. The maximum atomic E-state index is 11.7. The predicted molar refractivity (Wildman–Crippen MR) is 116 cm³/mol. The molecule has 0 aliphatic heterocycles. The molecule has 9 heteroatoms. The summed E-state index contributed by atoms with van der Waals surface area (Å²) in [6, 6.07) is 13.7. The van der Waals surface area contributed by atoms with Gasteiger partial charge in [0.25, 0.3) is 0 Å². The van der Waals surface area contributed by atoms with E-state index < -0.39 is 5.97 Å². The van der Waals surface area contributed by atoms with E-state index in [1.54, 1.807) is 25.1 Å². The largest absolute Gasteiger partial charge is 0.507 e. The highest BCUT2D eigenvalue weighted by atomic mass is 32.1. The molecule has 0 radical (unpaired) electrons. The molecular weight excluding hydrogens is 408 g/mol. The van der Waals surface area contributed by atoms with Crippen molar-refractivity contribution in [2.24, 2.45) is 0 Å². The molecule has 2 aromatic carbocycles. The normalized spacial score (nSPS) is 10.1. The Morgan fingerprint density at radius 1 is 1.28 bits per heavy atom. The van der Waals surface area contributed by atoms with E-state index in [4.69, 9.17) is 22.2 Å². The summed E-state index contributed by atoms with van der Waals surface area (Å²) in [5.74, 6) is -0.788. The number of aromatic nitrogens is 1. The van der Waals surface area contributed by atoms with E-state index in [0.29, 0.717) is 16.4 Å². The first-order valence-corrected chi connectivity index (χ1v) is 9.83. The number of benzene rings is 2. The van der Waals surface area contributed by atoms with Crippen LogP contribution in [0.1, 0.15) is 22.8 Å². The number of hydrogen-bond acceptors (Lipinski definition) is 7. The maximum absolute atomic E-state index is 11.7. The van der Waals surface area contributed by atoms with Gasteiger partial charge >= 0.3 is 5.97 Å². The predicted octanol–water partition coefficient (Wildman–Crippen LogP) is 4.37. The number of esters is 1. The zero-order valence-electron chi connectivity index (χ0n) is 15.3. The molecule has 146 valence electrons. The zero-order valence-corrected chi connectivity index (χ0v) is 16.9. The Morgan fingerprint density at radius 2 is 2.03 bits per heavy atom. The van der Waals surface area contributed by atoms with Crippen LogP contribution in [0, 0.1) is 11.3 Å². The average molecular weight is 425 g/mol. The molecule has 29 heavy (non-hydrogen) atoms. The maximum Gasteiger partial charge on any atom is 0.341 e. The van der Waals surface area contributed by atoms with Crippen LogP contribution in [0.25, 0.3) is 11.3 Å². The van der Waals surface area contributed by atoms with Gasteiger partial charge < -0.3 is 20.5 Å². The first-order chi connectivity index (χ1) is 14.0. The van der Waals surface area contributed by atoms with Crippen molar-refractivity contribution in [2.75, 3.05) is 17.2 Å². The monoisotopic (exact) mass is 424 g/mol.